The van der Waals surface area contributed by atoms with Crippen molar-refractivity contribution in [3.8, 4) is 90.3 Å². The molecule has 0 unspecified atom stereocenters. The van der Waals surface area contributed by atoms with Gasteiger partial charge in [0, 0.05) is 77.7 Å². The van der Waals surface area contributed by atoms with Gasteiger partial charge in [0.15, 0.2) is 11.6 Å². The first-order chi connectivity index (χ1) is 49.5. The van der Waals surface area contributed by atoms with E-state index in [9.17, 15) is 0 Å². The highest BCUT2D eigenvalue weighted by Gasteiger charge is 2.17. The molecule has 0 atom stereocenters. The van der Waals surface area contributed by atoms with Crippen LogP contribution >= 0.6 is 0 Å². The van der Waals surface area contributed by atoms with Crippen LogP contribution < -0.4 is 0 Å². The van der Waals surface area contributed by atoms with Crippen molar-refractivity contribution in [2.45, 2.75) is 0 Å². The van der Waals surface area contributed by atoms with Crippen molar-refractivity contribution < 1.29 is 0 Å². The van der Waals surface area contributed by atoms with Gasteiger partial charge >= 0.3 is 0 Å². The van der Waals surface area contributed by atoms with Crippen LogP contribution in [-0.4, -0.2) is 69.8 Å². The summed E-state index contributed by atoms with van der Waals surface area (Å²) in [5.41, 5.74) is 21.2. The minimum Gasteiger partial charge on any atom is -0.254 e. The molecule has 10 heterocycles. The van der Waals surface area contributed by atoms with Crippen molar-refractivity contribution >= 4 is 109 Å². The maximum atomic E-state index is 5.15. The molecular formula is C86H50N14. The minimum atomic E-state index is 0.555. The summed E-state index contributed by atoms with van der Waals surface area (Å²) in [7, 11) is 0. The second-order valence-electron chi connectivity index (χ2n) is 24.6. The monoisotopic (exact) mass is 1280 g/mol. The number of nitrogens with zero attached hydrogens (tertiary/aromatic N) is 14. The van der Waals surface area contributed by atoms with Gasteiger partial charge in [0.25, 0.3) is 0 Å². The lowest BCUT2D eigenvalue weighted by Crippen LogP contribution is -1.93. The highest BCUT2D eigenvalue weighted by molar-refractivity contribution is 6.08. The van der Waals surface area contributed by atoms with Gasteiger partial charge in [0.1, 0.15) is 36.7 Å². The first-order valence-corrected chi connectivity index (χ1v) is 32.7. The summed E-state index contributed by atoms with van der Waals surface area (Å²) < 4.78 is 0. The second kappa shape index (κ2) is 24.0. The van der Waals surface area contributed by atoms with Crippen molar-refractivity contribution in [2.24, 2.45) is 0 Å². The normalized spacial score (nSPS) is 11.6. The molecule has 0 amide bonds. The van der Waals surface area contributed by atoms with Crippen LogP contribution in [0.4, 0.5) is 0 Å². The highest BCUT2D eigenvalue weighted by atomic mass is 15.0. The molecule has 0 aliphatic carbocycles. The average Bonchev–Trinajstić information content (AvgIpc) is 0.768. The van der Waals surface area contributed by atoms with E-state index in [1.807, 2.05) is 48.8 Å². The van der Waals surface area contributed by atoms with Crippen molar-refractivity contribution in [3.05, 3.63) is 305 Å². The van der Waals surface area contributed by atoms with Gasteiger partial charge in [0.2, 0.25) is 0 Å². The smallest absolute Gasteiger partial charge is 0.181 e. The molecule has 0 saturated heterocycles. The summed E-state index contributed by atoms with van der Waals surface area (Å²) in [5, 5.41) is 13.2. The van der Waals surface area contributed by atoms with Crippen molar-refractivity contribution in [1.82, 2.24) is 69.8 Å². The van der Waals surface area contributed by atoms with Crippen LogP contribution in [0.3, 0.4) is 0 Å². The number of rotatable bonds is 8. The van der Waals surface area contributed by atoms with Gasteiger partial charge in [-0.2, -0.15) is 0 Å². The molecule has 0 aliphatic rings. The Morgan fingerprint density at radius 3 is 1.04 bits per heavy atom. The van der Waals surface area contributed by atoms with E-state index in [0.717, 1.165) is 182 Å². The third-order valence-corrected chi connectivity index (χ3v) is 18.6. The zero-order valence-corrected chi connectivity index (χ0v) is 53.1. The third-order valence-electron chi connectivity index (χ3n) is 18.6. The van der Waals surface area contributed by atoms with Gasteiger partial charge in [-0.25, -0.2) is 59.8 Å². The van der Waals surface area contributed by atoms with Crippen molar-refractivity contribution in [3.63, 3.8) is 0 Å². The van der Waals surface area contributed by atoms with Crippen LogP contribution in [0.25, 0.3) is 199 Å². The Bertz CT molecular complexity index is 6690. The predicted molar refractivity (Wildman–Crippen MR) is 401 cm³/mol. The molecule has 0 N–H and O–H groups in total. The summed E-state index contributed by atoms with van der Waals surface area (Å²) in [6, 6.07) is 92.8. The molecule has 14 heteroatoms. The van der Waals surface area contributed by atoms with E-state index >= 15 is 0 Å². The Labute approximate surface area is 570 Å². The number of hydrogen-bond acceptors (Lipinski definition) is 14. The standard InChI is InChI=1S/2C43H25N7/c1-2-27-4-5-28-12-15-38(50-42(28)41(27)45-19-1)34-10-8-29-20-33(9-7-30(29)21-34)37-17-14-35-22-31(13-16-36(35)48-37)32-6-3-26-11-18-39(49-40(26)23-32)43-46-24-44-25-47-43;1-2-6-33-32(5-1)34(15-16-35(33)38-18-12-28-9-8-27-4-3-21-45-41(27)42(28)50-38)37-19-14-31-22-29(13-17-36(31)48-37)30-10-7-26-11-20-39(49-40(26)23-30)43-46-24-44-25-47-43/h2*1-25H. The topological polar surface area (TPSA) is 180 Å². The average molecular weight is 1280 g/mol. The van der Waals surface area contributed by atoms with Crippen molar-refractivity contribution in [2.75, 3.05) is 0 Å². The molecule has 20 aromatic rings. The highest BCUT2D eigenvalue weighted by Crippen LogP contribution is 2.39. The first kappa shape index (κ1) is 57.5. The Kier molecular flexibility index (Phi) is 13.8. The number of benzene rings is 10. The van der Waals surface area contributed by atoms with Gasteiger partial charge in [-0.05, 0) is 141 Å². The molecule has 100 heavy (non-hydrogen) atoms. The van der Waals surface area contributed by atoms with Gasteiger partial charge < -0.3 is 0 Å². The van der Waals surface area contributed by atoms with E-state index in [4.69, 9.17) is 29.9 Å². The lowest BCUT2D eigenvalue weighted by Gasteiger charge is -2.13. The fraction of sp³-hybridized carbons (Fsp3) is 0. The van der Waals surface area contributed by atoms with E-state index in [-0.39, 0.29) is 0 Å². The maximum absolute atomic E-state index is 5.15. The number of aromatic nitrogens is 14. The zero-order valence-electron chi connectivity index (χ0n) is 53.1. The molecule has 0 radical (unpaired) electrons. The number of pyridine rings is 8. The van der Waals surface area contributed by atoms with Gasteiger partial charge in [-0.3, -0.25) is 9.97 Å². The van der Waals surface area contributed by atoms with Crippen LogP contribution in [0, 0.1) is 0 Å². The summed E-state index contributed by atoms with van der Waals surface area (Å²) >= 11 is 0. The van der Waals surface area contributed by atoms with Crippen LogP contribution in [-0.2, 0) is 0 Å². The largest absolute Gasteiger partial charge is 0.254 e. The SMILES string of the molecule is c1cnc2c(c1)ccc1ccc(-c3ccc(-c4ccc5cc(-c6ccc7ccc(-c8ncncn8)nc7c6)ccc5n4)c4ccccc34)nc12.c1cnc2c(c1)ccc1ccc(-c3ccc4cc(-c5ccc6cc(-c7ccc8ccc(-c9ncncn9)nc8c7)ccc6n5)ccc4c3)nc12. The molecule has 10 aromatic carbocycles. The Morgan fingerprint density at radius 1 is 0.190 bits per heavy atom. The van der Waals surface area contributed by atoms with Crippen LogP contribution in [0.15, 0.2) is 305 Å². The molecule has 20 rings (SSSR count). The van der Waals surface area contributed by atoms with Crippen LogP contribution in [0.2, 0.25) is 0 Å². The molecule has 0 spiro atoms. The van der Waals surface area contributed by atoms with Gasteiger partial charge in [0.05, 0.1) is 66.9 Å². The van der Waals surface area contributed by atoms with Gasteiger partial charge in [-0.15, -0.1) is 0 Å². The summed E-state index contributed by atoms with van der Waals surface area (Å²) in [5.74, 6) is 1.11. The van der Waals surface area contributed by atoms with Crippen molar-refractivity contribution in [1.29, 1.82) is 0 Å². The lowest BCUT2D eigenvalue weighted by atomic mass is 9.95. The van der Waals surface area contributed by atoms with Crippen LogP contribution in [0.1, 0.15) is 0 Å². The Hall–Kier alpha value is -14.0. The molecule has 14 nitrogen and oxygen atoms in total. The molecule has 0 fully saturated rings. The molecule has 0 aliphatic heterocycles. The Morgan fingerprint density at radius 2 is 0.530 bits per heavy atom. The number of fused-ring (bicyclic) bond motifs is 12. The fourth-order valence-electron chi connectivity index (χ4n) is 13.6. The summed E-state index contributed by atoms with van der Waals surface area (Å²) in [6.45, 7) is 0. The molecular weight excluding hydrogens is 1230 g/mol. The number of hydrogen-bond donors (Lipinski definition) is 0. The van der Waals surface area contributed by atoms with E-state index in [1.165, 1.54) is 25.3 Å². The molecule has 0 bridgehead atoms. The molecule has 10 aromatic heterocycles. The predicted octanol–water partition coefficient (Wildman–Crippen LogP) is 19.8. The molecule has 0 saturated carbocycles. The lowest BCUT2D eigenvalue weighted by molar-refractivity contribution is 1.04. The Balaban J connectivity index is 0.000000139. The molecule has 464 valence electrons. The summed E-state index contributed by atoms with van der Waals surface area (Å²) in [4.78, 5) is 64.2. The van der Waals surface area contributed by atoms with Crippen LogP contribution in [0.5, 0.6) is 0 Å². The van der Waals surface area contributed by atoms with E-state index in [0.29, 0.717) is 17.3 Å². The van der Waals surface area contributed by atoms with Gasteiger partial charge in [-0.1, -0.05) is 170 Å². The quantitative estimate of drug-likeness (QED) is 0.131. The first-order valence-electron chi connectivity index (χ1n) is 32.7. The van der Waals surface area contributed by atoms with E-state index in [2.05, 4.69) is 270 Å². The third kappa shape index (κ3) is 10.6. The minimum absolute atomic E-state index is 0.555. The maximum Gasteiger partial charge on any atom is 0.181 e. The summed E-state index contributed by atoms with van der Waals surface area (Å²) in [6.07, 6.45) is 9.60. The fourth-order valence-corrected chi connectivity index (χ4v) is 13.6. The second-order valence-corrected chi connectivity index (χ2v) is 24.6. The van der Waals surface area contributed by atoms with E-state index in [1.54, 1.807) is 0 Å². The van der Waals surface area contributed by atoms with E-state index < -0.39 is 0 Å². The zero-order chi connectivity index (χ0) is 66.0.